The largest absolute Gasteiger partial charge is 0.459 e. The van der Waals surface area contributed by atoms with E-state index in [1.807, 2.05) is 24.3 Å². The van der Waals surface area contributed by atoms with Gasteiger partial charge in [-0.3, -0.25) is 9.59 Å². The van der Waals surface area contributed by atoms with Crippen molar-refractivity contribution in [2.24, 2.45) is 0 Å². The monoisotopic (exact) mass is 353 g/mol. The molecule has 0 radical (unpaired) electrons. The fourth-order valence-electron chi connectivity index (χ4n) is 2.24. The van der Waals surface area contributed by atoms with Crippen LogP contribution in [0.25, 0.3) is 0 Å². The Hall–Kier alpha value is -1.36. The SMILES string of the molecule is CC(C)(C)OC(=O)CNC(=O)C1(c2ccc(Br)cc2)CC1. The van der Waals surface area contributed by atoms with Crippen LogP contribution in [0.4, 0.5) is 0 Å². The molecule has 1 aliphatic rings. The number of benzene rings is 1. The minimum Gasteiger partial charge on any atom is -0.459 e. The number of rotatable bonds is 4. The highest BCUT2D eigenvalue weighted by molar-refractivity contribution is 9.10. The van der Waals surface area contributed by atoms with Gasteiger partial charge in [0.2, 0.25) is 5.91 Å². The van der Waals surface area contributed by atoms with Gasteiger partial charge in [0.25, 0.3) is 0 Å². The smallest absolute Gasteiger partial charge is 0.325 e. The second kappa shape index (κ2) is 5.79. The van der Waals surface area contributed by atoms with Crippen LogP contribution in [-0.4, -0.2) is 24.0 Å². The molecule has 0 spiro atoms. The van der Waals surface area contributed by atoms with E-state index < -0.39 is 17.0 Å². The number of nitrogens with one attached hydrogen (secondary N) is 1. The van der Waals surface area contributed by atoms with Crippen molar-refractivity contribution in [1.82, 2.24) is 5.32 Å². The van der Waals surface area contributed by atoms with Gasteiger partial charge in [-0.05, 0) is 51.3 Å². The summed E-state index contributed by atoms with van der Waals surface area (Å²) in [5.74, 6) is -0.516. The Morgan fingerprint density at radius 1 is 1.24 bits per heavy atom. The van der Waals surface area contributed by atoms with Crippen molar-refractivity contribution in [3.05, 3.63) is 34.3 Å². The van der Waals surface area contributed by atoms with Crippen molar-refractivity contribution in [3.63, 3.8) is 0 Å². The fraction of sp³-hybridized carbons (Fsp3) is 0.500. The summed E-state index contributed by atoms with van der Waals surface area (Å²) in [6.07, 6.45) is 1.63. The lowest BCUT2D eigenvalue weighted by atomic mass is 9.95. The molecular formula is C16H20BrNO3. The van der Waals surface area contributed by atoms with Crippen molar-refractivity contribution in [1.29, 1.82) is 0 Å². The average Bonchev–Trinajstić information content (AvgIpc) is 3.16. The molecule has 0 aromatic heterocycles. The van der Waals surface area contributed by atoms with Gasteiger partial charge in [-0.15, -0.1) is 0 Å². The van der Waals surface area contributed by atoms with Crippen LogP contribution in [0.15, 0.2) is 28.7 Å². The molecule has 0 aliphatic heterocycles. The van der Waals surface area contributed by atoms with Gasteiger partial charge >= 0.3 is 5.97 Å². The van der Waals surface area contributed by atoms with Gasteiger partial charge in [0.15, 0.2) is 0 Å². The van der Waals surface area contributed by atoms with Crippen molar-refractivity contribution < 1.29 is 14.3 Å². The molecule has 0 heterocycles. The van der Waals surface area contributed by atoms with E-state index in [4.69, 9.17) is 4.74 Å². The number of hydrogen-bond acceptors (Lipinski definition) is 3. The average molecular weight is 354 g/mol. The Morgan fingerprint density at radius 3 is 2.29 bits per heavy atom. The molecule has 114 valence electrons. The molecule has 1 amide bonds. The first-order valence-electron chi connectivity index (χ1n) is 6.99. The van der Waals surface area contributed by atoms with Crippen LogP contribution >= 0.6 is 15.9 Å². The Morgan fingerprint density at radius 2 is 1.81 bits per heavy atom. The van der Waals surface area contributed by atoms with Crippen LogP contribution in [0.2, 0.25) is 0 Å². The van der Waals surface area contributed by atoms with Gasteiger partial charge in [0, 0.05) is 4.47 Å². The number of halogens is 1. The fourth-order valence-corrected chi connectivity index (χ4v) is 2.50. The zero-order valence-electron chi connectivity index (χ0n) is 12.5. The van der Waals surface area contributed by atoms with Crippen LogP contribution in [0.3, 0.4) is 0 Å². The number of carbonyl (C=O) groups excluding carboxylic acids is 2. The predicted molar refractivity (Wildman–Crippen MR) is 83.9 cm³/mol. The molecule has 0 saturated heterocycles. The Labute approximate surface area is 133 Å². The summed E-state index contributed by atoms with van der Waals surface area (Å²) in [6, 6.07) is 7.75. The van der Waals surface area contributed by atoms with Gasteiger partial charge in [0.05, 0.1) is 5.41 Å². The minimum absolute atomic E-state index is 0.0889. The molecule has 0 bridgehead atoms. The minimum atomic E-state index is -0.537. The van der Waals surface area contributed by atoms with Crippen molar-refractivity contribution in [3.8, 4) is 0 Å². The van der Waals surface area contributed by atoms with E-state index in [2.05, 4.69) is 21.2 Å². The summed E-state index contributed by atoms with van der Waals surface area (Å²) in [4.78, 5) is 24.0. The van der Waals surface area contributed by atoms with Crippen LogP contribution < -0.4 is 5.32 Å². The first-order chi connectivity index (χ1) is 9.73. The van der Waals surface area contributed by atoms with Crippen LogP contribution in [-0.2, 0) is 19.7 Å². The van der Waals surface area contributed by atoms with Gasteiger partial charge in [-0.25, -0.2) is 0 Å². The topological polar surface area (TPSA) is 55.4 Å². The lowest BCUT2D eigenvalue weighted by Crippen LogP contribution is -2.40. The highest BCUT2D eigenvalue weighted by atomic mass is 79.9. The quantitative estimate of drug-likeness (QED) is 0.846. The lowest BCUT2D eigenvalue weighted by Gasteiger charge is -2.20. The zero-order chi connectivity index (χ0) is 15.7. The summed E-state index contributed by atoms with van der Waals surface area (Å²) in [5, 5.41) is 2.70. The highest BCUT2D eigenvalue weighted by Gasteiger charge is 2.51. The number of hydrogen-bond donors (Lipinski definition) is 1. The number of esters is 1. The third-order valence-corrected chi connectivity index (χ3v) is 3.92. The normalized spacial score (nSPS) is 16.2. The molecule has 5 heteroatoms. The third kappa shape index (κ3) is 4.06. The predicted octanol–water partition coefficient (Wildman–Crippen LogP) is 2.94. The first kappa shape index (κ1) is 16.0. The van der Waals surface area contributed by atoms with E-state index in [1.54, 1.807) is 20.8 Å². The summed E-state index contributed by atoms with van der Waals surface area (Å²) in [6.45, 7) is 5.32. The lowest BCUT2D eigenvalue weighted by molar-refractivity contribution is -0.154. The van der Waals surface area contributed by atoms with Gasteiger partial charge in [0.1, 0.15) is 12.1 Å². The maximum Gasteiger partial charge on any atom is 0.325 e. The Bertz CT molecular complexity index is 542. The number of carbonyl (C=O) groups is 2. The van der Waals surface area contributed by atoms with E-state index in [0.717, 1.165) is 22.9 Å². The summed E-state index contributed by atoms with van der Waals surface area (Å²) < 4.78 is 6.17. The van der Waals surface area contributed by atoms with E-state index in [0.29, 0.717) is 0 Å². The van der Waals surface area contributed by atoms with Gasteiger partial charge in [-0.2, -0.15) is 0 Å². The Kier molecular flexibility index (Phi) is 4.42. The molecular weight excluding hydrogens is 334 g/mol. The maximum absolute atomic E-state index is 12.4. The summed E-state index contributed by atoms with van der Waals surface area (Å²) in [5.41, 5.74) is -0.0135. The molecule has 1 aromatic rings. The zero-order valence-corrected chi connectivity index (χ0v) is 14.1. The van der Waals surface area contributed by atoms with E-state index >= 15 is 0 Å². The van der Waals surface area contributed by atoms with E-state index in [-0.39, 0.29) is 12.5 Å². The van der Waals surface area contributed by atoms with Crippen molar-refractivity contribution in [2.75, 3.05) is 6.54 Å². The van der Waals surface area contributed by atoms with Gasteiger partial charge in [-0.1, -0.05) is 28.1 Å². The molecule has 1 aromatic carbocycles. The highest BCUT2D eigenvalue weighted by Crippen LogP contribution is 2.48. The molecule has 1 saturated carbocycles. The van der Waals surface area contributed by atoms with E-state index in [9.17, 15) is 9.59 Å². The second-order valence-corrected chi connectivity index (χ2v) is 7.27. The molecule has 21 heavy (non-hydrogen) atoms. The third-order valence-electron chi connectivity index (χ3n) is 3.39. The second-order valence-electron chi connectivity index (χ2n) is 6.36. The number of amides is 1. The molecule has 4 nitrogen and oxygen atoms in total. The van der Waals surface area contributed by atoms with Crippen molar-refractivity contribution >= 4 is 27.8 Å². The van der Waals surface area contributed by atoms with Crippen LogP contribution in [0.5, 0.6) is 0 Å². The van der Waals surface area contributed by atoms with Crippen molar-refractivity contribution in [2.45, 2.75) is 44.6 Å². The molecule has 2 rings (SSSR count). The van der Waals surface area contributed by atoms with E-state index in [1.165, 1.54) is 0 Å². The Balaban J connectivity index is 1.94. The van der Waals surface area contributed by atoms with Crippen LogP contribution in [0, 0.1) is 0 Å². The summed E-state index contributed by atoms with van der Waals surface area (Å²) >= 11 is 3.39. The molecule has 0 atom stereocenters. The first-order valence-corrected chi connectivity index (χ1v) is 7.78. The van der Waals surface area contributed by atoms with Gasteiger partial charge < -0.3 is 10.1 Å². The number of ether oxygens (including phenoxy) is 1. The molecule has 1 aliphatic carbocycles. The maximum atomic E-state index is 12.4. The molecule has 1 N–H and O–H groups in total. The van der Waals surface area contributed by atoms with Crippen LogP contribution in [0.1, 0.15) is 39.2 Å². The standard InChI is InChI=1S/C16H20BrNO3/c1-15(2,3)21-13(19)10-18-14(20)16(8-9-16)11-4-6-12(17)7-5-11/h4-7H,8-10H2,1-3H3,(H,18,20). The summed E-state index contributed by atoms with van der Waals surface area (Å²) in [7, 11) is 0. The molecule has 0 unspecified atom stereocenters. The molecule has 1 fully saturated rings.